The molecule has 236 valence electrons. The van der Waals surface area contributed by atoms with E-state index in [1.54, 1.807) is 45.5 Å². The number of carbonyl (C=O) groups excluding carboxylic acids is 2. The number of amides is 2. The number of nitrogens with zero attached hydrogens (tertiary/aromatic N) is 4. The number of carbonyl (C=O) groups is 1. The molecule has 12 nitrogen and oxygen atoms in total. The molecule has 4 aromatic rings. The standard InChI is InChI=1S/C16H21N3O3.C8H10N2O2.C8H11NO/c1-16(2,3)13-10-14(18-22-13)17-15(20)19(4)11-6-8-12(21-5)9-7-11;1-8(2,3)6-4-7(9-5-11)10-12-6;1-9-7-3-5-8(10-2)6-4-7/h6-10H,1-5H3,(H,17,18,20);4H,1-3H3;3-6,9H,1-2H3. The van der Waals surface area contributed by atoms with Crippen LogP contribution in [0.5, 0.6) is 11.5 Å². The molecule has 44 heavy (non-hydrogen) atoms. The lowest BCUT2D eigenvalue weighted by Gasteiger charge is -2.17. The van der Waals surface area contributed by atoms with Gasteiger partial charge in [-0.2, -0.15) is 0 Å². The number of isocyanates is 1. The Morgan fingerprint density at radius 1 is 0.841 bits per heavy atom. The molecule has 0 bridgehead atoms. The van der Waals surface area contributed by atoms with Crippen molar-refractivity contribution in [3.8, 4) is 11.5 Å². The lowest BCUT2D eigenvalue weighted by atomic mass is 9.93. The maximum atomic E-state index is 12.2. The quantitative estimate of drug-likeness (QED) is 0.170. The molecule has 4 rings (SSSR count). The second-order valence-corrected chi connectivity index (χ2v) is 11.5. The Labute approximate surface area is 258 Å². The lowest BCUT2D eigenvalue weighted by molar-refractivity contribution is 0.257. The molecular weight excluding hydrogens is 564 g/mol. The van der Waals surface area contributed by atoms with Gasteiger partial charge in [0.2, 0.25) is 11.9 Å². The van der Waals surface area contributed by atoms with Gasteiger partial charge < -0.3 is 23.8 Å². The van der Waals surface area contributed by atoms with Crippen molar-refractivity contribution in [3.63, 3.8) is 0 Å². The summed E-state index contributed by atoms with van der Waals surface area (Å²) in [6.07, 6.45) is 1.40. The Morgan fingerprint density at radius 3 is 1.77 bits per heavy atom. The third-order valence-electron chi connectivity index (χ3n) is 6.02. The minimum Gasteiger partial charge on any atom is -0.497 e. The molecule has 0 unspecified atom stereocenters. The topological polar surface area (TPSA) is 144 Å². The number of aliphatic imine (C=N–C) groups is 1. The summed E-state index contributed by atoms with van der Waals surface area (Å²) in [7, 11) is 6.83. The summed E-state index contributed by atoms with van der Waals surface area (Å²) in [5, 5.41) is 13.2. The van der Waals surface area contributed by atoms with Crippen LogP contribution >= 0.6 is 0 Å². The van der Waals surface area contributed by atoms with Crippen LogP contribution in [0.1, 0.15) is 53.1 Å². The van der Waals surface area contributed by atoms with Crippen molar-refractivity contribution in [3.05, 3.63) is 72.2 Å². The van der Waals surface area contributed by atoms with E-state index in [0.717, 1.165) is 28.6 Å². The number of urea groups is 1. The van der Waals surface area contributed by atoms with Crippen LogP contribution in [0.4, 0.5) is 27.8 Å². The van der Waals surface area contributed by atoms with Crippen molar-refractivity contribution in [2.45, 2.75) is 52.4 Å². The highest BCUT2D eigenvalue weighted by molar-refractivity contribution is 6.00. The van der Waals surface area contributed by atoms with Crippen LogP contribution in [0.25, 0.3) is 0 Å². The molecule has 0 fully saturated rings. The number of methoxy groups -OCH3 is 2. The zero-order valence-corrected chi connectivity index (χ0v) is 27.0. The van der Waals surface area contributed by atoms with Crippen LogP contribution in [0.3, 0.4) is 0 Å². The molecule has 0 atom stereocenters. The summed E-state index contributed by atoms with van der Waals surface area (Å²) in [5.41, 5.74) is 1.58. The summed E-state index contributed by atoms with van der Waals surface area (Å²) in [6.45, 7) is 12.0. The van der Waals surface area contributed by atoms with Crippen molar-refractivity contribution < 1.29 is 28.1 Å². The Bertz CT molecular complexity index is 1470. The van der Waals surface area contributed by atoms with Gasteiger partial charge in [0.15, 0.2) is 5.82 Å². The molecule has 0 saturated heterocycles. The molecule has 0 saturated carbocycles. The summed E-state index contributed by atoms with van der Waals surface area (Å²) >= 11 is 0. The van der Waals surface area contributed by atoms with E-state index in [4.69, 9.17) is 18.5 Å². The Balaban J connectivity index is 0.000000257. The van der Waals surface area contributed by atoms with Gasteiger partial charge in [-0.1, -0.05) is 51.9 Å². The van der Waals surface area contributed by atoms with E-state index in [-0.39, 0.29) is 22.7 Å². The minimum absolute atomic E-state index is 0.107. The van der Waals surface area contributed by atoms with Crippen LogP contribution < -0.4 is 25.0 Å². The fourth-order valence-electron chi connectivity index (χ4n) is 3.28. The van der Waals surface area contributed by atoms with Crippen molar-refractivity contribution in [1.29, 1.82) is 0 Å². The van der Waals surface area contributed by atoms with Crippen molar-refractivity contribution in [1.82, 2.24) is 10.3 Å². The Kier molecular flexibility index (Phi) is 12.7. The van der Waals surface area contributed by atoms with Crippen LogP contribution in [-0.2, 0) is 15.6 Å². The van der Waals surface area contributed by atoms with Gasteiger partial charge in [0, 0.05) is 48.4 Å². The Hall–Kier alpha value is -5.09. The van der Waals surface area contributed by atoms with E-state index in [9.17, 15) is 9.59 Å². The second kappa shape index (κ2) is 15.9. The van der Waals surface area contributed by atoms with E-state index in [2.05, 4.69) is 25.9 Å². The molecule has 2 heterocycles. The number of nitrogens with one attached hydrogen (secondary N) is 2. The predicted molar refractivity (Wildman–Crippen MR) is 171 cm³/mol. The molecule has 0 spiro atoms. The molecule has 2 aromatic carbocycles. The number of rotatable bonds is 6. The van der Waals surface area contributed by atoms with Crippen molar-refractivity contribution in [2.75, 3.05) is 43.8 Å². The smallest absolute Gasteiger partial charge is 0.327 e. The number of aromatic nitrogens is 2. The molecule has 2 amide bonds. The maximum Gasteiger partial charge on any atom is 0.327 e. The highest BCUT2D eigenvalue weighted by Gasteiger charge is 2.21. The summed E-state index contributed by atoms with van der Waals surface area (Å²) < 4.78 is 20.3. The zero-order valence-electron chi connectivity index (χ0n) is 27.0. The van der Waals surface area contributed by atoms with Crippen molar-refractivity contribution in [2.24, 2.45) is 4.99 Å². The first-order valence-corrected chi connectivity index (χ1v) is 13.7. The van der Waals surface area contributed by atoms with Gasteiger partial charge >= 0.3 is 6.03 Å². The van der Waals surface area contributed by atoms with Gasteiger partial charge in [-0.25, -0.2) is 9.59 Å². The van der Waals surface area contributed by atoms with Gasteiger partial charge in [-0.05, 0) is 48.5 Å². The van der Waals surface area contributed by atoms with Crippen molar-refractivity contribution >= 4 is 35.1 Å². The average Bonchev–Trinajstić information content (AvgIpc) is 3.68. The lowest BCUT2D eigenvalue weighted by Crippen LogP contribution is -2.31. The molecule has 0 aliphatic rings. The molecule has 0 radical (unpaired) electrons. The third-order valence-corrected chi connectivity index (χ3v) is 6.02. The first-order valence-electron chi connectivity index (χ1n) is 13.7. The fraction of sp³-hybridized carbons (Fsp3) is 0.375. The molecule has 0 aliphatic carbocycles. The summed E-state index contributed by atoms with van der Waals surface area (Å²) in [4.78, 5) is 26.9. The van der Waals surface area contributed by atoms with E-state index >= 15 is 0 Å². The molecule has 2 aromatic heterocycles. The van der Waals surface area contributed by atoms with Crippen LogP contribution in [0, 0.1) is 0 Å². The fourth-order valence-corrected chi connectivity index (χ4v) is 3.28. The number of benzene rings is 2. The molecule has 2 N–H and O–H groups in total. The van der Waals surface area contributed by atoms with E-state index in [0.29, 0.717) is 11.6 Å². The normalized spacial score (nSPS) is 10.6. The molecular formula is C32H42N6O6. The number of ether oxygens (including phenoxy) is 2. The maximum absolute atomic E-state index is 12.2. The van der Waals surface area contributed by atoms with Gasteiger partial charge in [-0.15, -0.1) is 4.99 Å². The molecule has 0 aliphatic heterocycles. The monoisotopic (exact) mass is 606 g/mol. The SMILES string of the molecule is CC(C)(C)c1cc(N=C=O)no1.CNc1ccc(OC)cc1.COc1ccc(N(C)C(=O)Nc2cc(C(C)(C)C)on2)cc1. The first-order chi connectivity index (χ1) is 20.7. The number of hydrogen-bond donors (Lipinski definition) is 2. The predicted octanol–water partition coefficient (Wildman–Crippen LogP) is 7.33. The Morgan fingerprint density at radius 2 is 1.34 bits per heavy atom. The van der Waals surface area contributed by atoms with E-state index < -0.39 is 0 Å². The zero-order chi connectivity index (χ0) is 32.9. The number of anilines is 3. The van der Waals surface area contributed by atoms with E-state index in [1.165, 1.54) is 11.0 Å². The van der Waals surface area contributed by atoms with Crippen LogP contribution in [0.2, 0.25) is 0 Å². The number of hydrogen-bond acceptors (Lipinski definition) is 10. The average molecular weight is 607 g/mol. The highest BCUT2D eigenvalue weighted by Crippen LogP contribution is 2.26. The summed E-state index contributed by atoms with van der Waals surface area (Å²) in [6, 6.07) is 18.1. The van der Waals surface area contributed by atoms with Gasteiger partial charge in [-0.3, -0.25) is 10.2 Å². The van der Waals surface area contributed by atoms with Gasteiger partial charge in [0.25, 0.3) is 0 Å². The largest absolute Gasteiger partial charge is 0.497 e. The van der Waals surface area contributed by atoms with Crippen LogP contribution in [-0.4, -0.2) is 50.7 Å². The van der Waals surface area contributed by atoms with Gasteiger partial charge in [0.1, 0.15) is 23.0 Å². The van der Waals surface area contributed by atoms with E-state index in [1.807, 2.05) is 85.0 Å². The minimum atomic E-state index is -0.293. The highest BCUT2D eigenvalue weighted by atomic mass is 16.5. The van der Waals surface area contributed by atoms with Crippen LogP contribution in [0.15, 0.2) is 74.7 Å². The molecule has 12 heteroatoms. The van der Waals surface area contributed by atoms with Gasteiger partial charge in [0.05, 0.1) is 14.2 Å². The second-order valence-electron chi connectivity index (χ2n) is 11.5. The first kappa shape index (κ1) is 35.1. The third kappa shape index (κ3) is 11.0. The summed E-state index contributed by atoms with van der Waals surface area (Å²) in [5.74, 6) is 3.72.